The number of aryl methyl sites for hydroxylation is 1. The van der Waals surface area contributed by atoms with Gasteiger partial charge in [-0.3, -0.25) is 9.69 Å². The maximum absolute atomic E-state index is 12.5. The maximum Gasteiger partial charge on any atom is 0.412 e. The van der Waals surface area contributed by atoms with Crippen LogP contribution in [0.15, 0.2) is 66.9 Å². The van der Waals surface area contributed by atoms with Crippen LogP contribution < -0.4 is 19.7 Å². The number of hydrogen-bond donors (Lipinski definition) is 2. The monoisotopic (exact) mass is 594 g/mol. The number of nitrogens with one attached hydrogen (secondary N) is 2. The number of benzene rings is 3. The second-order valence-corrected chi connectivity index (χ2v) is 11.9. The van der Waals surface area contributed by atoms with Gasteiger partial charge in [0.05, 0.1) is 7.11 Å². The number of ketones is 1. The summed E-state index contributed by atoms with van der Waals surface area (Å²) in [6, 6.07) is 20.6. The van der Waals surface area contributed by atoms with E-state index in [1.54, 1.807) is 7.11 Å². The molecule has 4 aromatic rings. The molecule has 44 heavy (non-hydrogen) atoms. The summed E-state index contributed by atoms with van der Waals surface area (Å²) < 4.78 is 11.0. The summed E-state index contributed by atoms with van der Waals surface area (Å²) >= 11 is 0. The lowest BCUT2D eigenvalue weighted by atomic mass is 9.93. The Morgan fingerprint density at radius 3 is 2.68 bits per heavy atom. The Morgan fingerprint density at radius 2 is 1.80 bits per heavy atom. The molecule has 1 atom stereocenters. The molecule has 0 saturated carbocycles. The first-order valence-electron chi connectivity index (χ1n) is 15.8. The number of Topliss-reactive ketones (excluding diaryl/α,β-unsaturated/α-hetero) is 1. The summed E-state index contributed by atoms with van der Waals surface area (Å²) in [7, 11) is 3.81. The first-order valence-corrected chi connectivity index (χ1v) is 15.8. The van der Waals surface area contributed by atoms with Crippen LogP contribution in [0.5, 0.6) is 11.5 Å². The van der Waals surface area contributed by atoms with Crippen LogP contribution in [0, 0.1) is 0 Å². The van der Waals surface area contributed by atoms with Gasteiger partial charge in [0.1, 0.15) is 23.4 Å². The minimum absolute atomic E-state index is 0.232. The van der Waals surface area contributed by atoms with Crippen LogP contribution in [-0.2, 0) is 24.2 Å². The number of carbonyl (C=O) groups is 2. The lowest BCUT2D eigenvalue weighted by Crippen LogP contribution is -2.47. The van der Waals surface area contributed by atoms with Gasteiger partial charge in [0.15, 0.2) is 0 Å². The zero-order valence-electron chi connectivity index (χ0n) is 25.7. The van der Waals surface area contributed by atoms with E-state index < -0.39 is 6.09 Å². The van der Waals surface area contributed by atoms with E-state index in [2.05, 4.69) is 57.5 Å². The number of carbonyl (C=O) groups excluding carboxylic acids is 2. The number of ether oxygens (including phenoxy) is 2. The largest absolute Gasteiger partial charge is 0.497 e. The predicted octanol–water partition coefficient (Wildman–Crippen LogP) is 6.92. The normalized spacial score (nSPS) is 15.8. The van der Waals surface area contributed by atoms with E-state index in [1.165, 1.54) is 22.4 Å². The van der Waals surface area contributed by atoms with E-state index in [9.17, 15) is 9.59 Å². The molecule has 230 valence electrons. The number of H-pyrrole nitrogens is 1. The Labute approximate surface area is 259 Å². The van der Waals surface area contributed by atoms with Gasteiger partial charge in [-0.25, -0.2) is 4.79 Å². The predicted molar refractivity (Wildman–Crippen MR) is 173 cm³/mol. The average Bonchev–Trinajstić information content (AvgIpc) is 3.45. The highest BCUT2D eigenvalue weighted by atomic mass is 16.6. The van der Waals surface area contributed by atoms with Crippen molar-refractivity contribution in [2.24, 2.45) is 0 Å². The third-order valence-corrected chi connectivity index (χ3v) is 9.03. The Kier molecular flexibility index (Phi) is 9.17. The van der Waals surface area contributed by atoms with Crippen molar-refractivity contribution in [1.82, 2.24) is 15.2 Å². The minimum atomic E-state index is -0.427. The number of unbranched alkanes of at least 4 members (excludes halogenated alkanes) is 3. The van der Waals surface area contributed by atoms with Gasteiger partial charge in [-0.2, -0.15) is 0 Å². The van der Waals surface area contributed by atoms with Crippen LogP contribution in [0.4, 0.5) is 10.5 Å². The molecule has 0 bridgehead atoms. The molecule has 2 aliphatic heterocycles. The number of aromatic nitrogens is 1. The number of fused-ring (bicyclic) bond motifs is 5. The molecule has 6 rings (SSSR count). The fourth-order valence-corrected chi connectivity index (χ4v) is 6.69. The van der Waals surface area contributed by atoms with Gasteiger partial charge in [0, 0.05) is 62.3 Å². The number of nitrogens with zero attached hydrogens (tertiary/aromatic N) is 2. The molecular weight excluding hydrogens is 552 g/mol. The molecule has 3 heterocycles. The van der Waals surface area contributed by atoms with E-state index in [1.807, 2.05) is 36.5 Å². The number of hydrogen-bond acceptors (Lipinski definition) is 6. The molecule has 0 spiro atoms. The average molecular weight is 595 g/mol. The van der Waals surface area contributed by atoms with Crippen molar-refractivity contribution in [3.63, 3.8) is 0 Å². The Balaban J connectivity index is 0.880. The first kappa shape index (κ1) is 29.8. The van der Waals surface area contributed by atoms with Crippen molar-refractivity contribution < 1.29 is 19.1 Å². The van der Waals surface area contributed by atoms with Gasteiger partial charge in [0.25, 0.3) is 0 Å². The third-order valence-electron chi connectivity index (χ3n) is 9.03. The standard InChI is InChI=1S/C36H42N4O4/c1-39-34-17-15-30(21-27(34)24-40-20-18-25-9-6-7-11-31(25)35(39)40)44-36(42)37-19-8-4-3-5-10-28(41)13-12-26-23-38-33-16-14-29(43-2)22-32(26)33/h6-7,9,11,14-17,21-23,35,38H,3-5,8,10,12-13,18-20,24H2,1-2H3,(H,37,42). The van der Waals surface area contributed by atoms with Crippen LogP contribution in [0.3, 0.4) is 0 Å². The van der Waals surface area contributed by atoms with Crippen LogP contribution >= 0.6 is 0 Å². The third kappa shape index (κ3) is 6.60. The minimum Gasteiger partial charge on any atom is -0.497 e. The van der Waals surface area contributed by atoms with Crippen LogP contribution in [0.25, 0.3) is 10.9 Å². The van der Waals surface area contributed by atoms with Crippen molar-refractivity contribution in [3.8, 4) is 11.5 Å². The van der Waals surface area contributed by atoms with Crippen molar-refractivity contribution >= 4 is 28.5 Å². The number of anilines is 1. The molecule has 2 N–H and O–H groups in total. The molecule has 3 aromatic carbocycles. The summed E-state index contributed by atoms with van der Waals surface area (Å²) in [6.45, 7) is 2.39. The van der Waals surface area contributed by atoms with Crippen molar-refractivity contribution in [1.29, 1.82) is 0 Å². The summed E-state index contributed by atoms with van der Waals surface area (Å²) in [5, 5.41) is 3.99. The Bertz CT molecular complexity index is 1630. The SMILES string of the molecule is COc1ccc2[nH]cc(CCC(=O)CCCCCCNC(=O)Oc3ccc4c(c3)CN3CCc5ccccc5C3N4C)c2c1. The van der Waals surface area contributed by atoms with Gasteiger partial charge in [-0.15, -0.1) is 0 Å². The molecule has 0 saturated heterocycles. The summed E-state index contributed by atoms with van der Waals surface area (Å²) in [4.78, 5) is 33.0. The molecule has 2 aliphatic rings. The summed E-state index contributed by atoms with van der Waals surface area (Å²) in [5.74, 6) is 1.68. The van der Waals surface area contributed by atoms with Gasteiger partial charge < -0.3 is 24.7 Å². The maximum atomic E-state index is 12.5. The second kappa shape index (κ2) is 13.6. The summed E-state index contributed by atoms with van der Waals surface area (Å²) in [6.07, 6.45) is 8.36. The van der Waals surface area contributed by atoms with Crippen molar-refractivity contribution in [2.75, 3.05) is 32.1 Å². The molecule has 1 unspecified atom stereocenters. The van der Waals surface area contributed by atoms with Gasteiger partial charge in [-0.05, 0) is 84.3 Å². The Morgan fingerprint density at radius 1 is 0.955 bits per heavy atom. The molecule has 8 heteroatoms. The molecule has 8 nitrogen and oxygen atoms in total. The van der Waals surface area contributed by atoms with Gasteiger partial charge >= 0.3 is 6.09 Å². The molecular formula is C36H42N4O4. The lowest BCUT2D eigenvalue weighted by Gasteiger charge is -2.47. The number of methoxy groups -OCH3 is 1. The Hall–Kier alpha value is -4.30. The van der Waals surface area contributed by atoms with E-state index in [4.69, 9.17) is 9.47 Å². The van der Waals surface area contributed by atoms with Crippen molar-refractivity contribution in [3.05, 3.63) is 89.1 Å². The number of amides is 1. The lowest BCUT2D eigenvalue weighted by molar-refractivity contribution is -0.119. The van der Waals surface area contributed by atoms with Crippen LogP contribution in [0.2, 0.25) is 0 Å². The fourth-order valence-electron chi connectivity index (χ4n) is 6.69. The molecule has 1 amide bonds. The number of aromatic amines is 1. The smallest absolute Gasteiger partial charge is 0.412 e. The van der Waals surface area contributed by atoms with E-state index in [-0.39, 0.29) is 6.17 Å². The highest BCUT2D eigenvalue weighted by Gasteiger charge is 2.35. The van der Waals surface area contributed by atoms with E-state index in [0.29, 0.717) is 30.9 Å². The summed E-state index contributed by atoms with van der Waals surface area (Å²) in [5.41, 5.74) is 7.35. The molecule has 0 radical (unpaired) electrons. The van der Waals surface area contributed by atoms with Crippen LogP contribution in [-0.4, -0.2) is 49.0 Å². The van der Waals surface area contributed by atoms with Gasteiger partial charge in [-0.1, -0.05) is 37.1 Å². The first-order chi connectivity index (χ1) is 21.5. The van der Waals surface area contributed by atoms with E-state index >= 15 is 0 Å². The van der Waals surface area contributed by atoms with E-state index in [0.717, 1.165) is 73.8 Å². The highest BCUT2D eigenvalue weighted by molar-refractivity contribution is 5.86. The molecule has 1 aromatic heterocycles. The van der Waals surface area contributed by atoms with Gasteiger partial charge in [0.2, 0.25) is 0 Å². The van der Waals surface area contributed by atoms with Crippen LogP contribution in [0.1, 0.15) is 66.9 Å². The number of rotatable bonds is 12. The fraction of sp³-hybridized carbons (Fsp3) is 0.389. The zero-order chi connectivity index (χ0) is 30.5. The molecule has 0 aliphatic carbocycles. The highest BCUT2D eigenvalue weighted by Crippen LogP contribution is 2.42. The van der Waals surface area contributed by atoms with Crippen molar-refractivity contribution in [2.45, 2.75) is 64.1 Å². The topological polar surface area (TPSA) is 86.9 Å². The quantitative estimate of drug-likeness (QED) is 0.173. The zero-order valence-corrected chi connectivity index (χ0v) is 25.7. The molecule has 0 fully saturated rings. The second-order valence-electron chi connectivity index (χ2n) is 11.9.